The Morgan fingerprint density at radius 3 is 1.09 bits per heavy atom. The highest BCUT2D eigenvalue weighted by Crippen LogP contribution is 2.57. The molecule has 0 saturated carbocycles. The lowest BCUT2D eigenvalue weighted by molar-refractivity contribution is 0.282. The summed E-state index contributed by atoms with van der Waals surface area (Å²) in [7, 11) is 2.95. The molecule has 0 spiro atoms. The number of methoxy groups -OCH3 is 2. The van der Waals surface area contributed by atoms with Gasteiger partial charge in [-0.25, -0.2) is 0 Å². The van der Waals surface area contributed by atoms with Crippen molar-refractivity contribution in [1.82, 2.24) is 0 Å². The van der Waals surface area contributed by atoms with E-state index in [-0.39, 0.29) is 55.7 Å². The normalized spacial score (nSPS) is 15.2. The molecule has 16 heteroatoms. The number of unbranched alkanes of at least 4 members (excludes halogenated alkanes) is 12. The first-order chi connectivity index (χ1) is 47.5. The number of aliphatic hydroxyl groups is 4. The van der Waals surface area contributed by atoms with E-state index in [1.807, 2.05) is 13.8 Å². The number of rotatable bonds is 26. The lowest BCUT2D eigenvalue weighted by Gasteiger charge is -2.43. The van der Waals surface area contributed by atoms with E-state index in [1.165, 1.54) is 103 Å². The van der Waals surface area contributed by atoms with Crippen LogP contribution in [0.25, 0.3) is 98.3 Å². The first-order valence-corrected chi connectivity index (χ1v) is 36.2. The summed E-state index contributed by atoms with van der Waals surface area (Å²) >= 11 is 0. The van der Waals surface area contributed by atoms with Crippen molar-refractivity contribution < 1.29 is 40.1 Å². The molecule has 0 radical (unpaired) electrons. The van der Waals surface area contributed by atoms with Crippen LogP contribution < -0.4 is 52.5 Å². The van der Waals surface area contributed by atoms with Crippen molar-refractivity contribution in [2.24, 2.45) is 0 Å². The highest BCUT2D eigenvalue weighted by molar-refractivity contribution is 6.41. The molecular formula is C82H96N4O12. The number of hydrogen-bond donors (Lipinski definition) is 10. The Hall–Kier alpha value is -8.28. The maximum Gasteiger partial charge on any atom is 0.232 e. The maximum absolute atomic E-state index is 14.4. The van der Waals surface area contributed by atoms with Gasteiger partial charge in [-0.1, -0.05) is 154 Å². The van der Waals surface area contributed by atoms with Crippen molar-refractivity contribution >= 4 is 121 Å². The zero-order valence-corrected chi connectivity index (χ0v) is 58.4. The van der Waals surface area contributed by atoms with Gasteiger partial charge in [0.05, 0.1) is 96.0 Å². The number of aromatic hydroxyl groups is 2. The van der Waals surface area contributed by atoms with E-state index in [0.717, 1.165) is 137 Å². The quantitative estimate of drug-likeness (QED) is 0.0137. The number of phenolic OH excluding ortho intramolecular Hbond substituents is 2. The smallest absolute Gasteiger partial charge is 0.232 e. The van der Waals surface area contributed by atoms with Crippen molar-refractivity contribution in [1.29, 1.82) is 0 Å². The second-order valence-electron chi connectivity index (χ2n) is 28.9. The highest BCUT2D eigenvalue weighted by Gasteiger charge is 2.41. The molecule has 0 atom stereocenters. The standard InChI is InChI=1S/2C41H48N2O6/c1-5-7-9-11-13-41(14-12-10-8-6-2)21-42-38-33-27(46)17-23(19-44)29-30-24(20-45)18-28(47)34-36(30)32-26(40(49-4)39(34)48)16-22(3)15-25(37(38)43-41)31(32)35(29)33;1-5-7-9-11-13-41(14-12-10-8-6-2)21-42-37-25-15-22(3)16-26-32-31(25)35-29(23(19-44)17-27(46)33(35)38(37)43-41)30-24(20-45)18-28(47)34(36(30)32)39(48)40(26)49-4/h2*15,17-18,42-45,47H,5-14,16,19-21H2,1-4H3. The Morgan fingerprint density at radius 2 is 0.724 bits per heavy atom. The fourth-order valence-electron chi connectivity index (χ4n) is 18.0. The molecule has 10 N–H and O–H groups in total. The van der Waals surface area contributed by atoms with Crippen LogP contribution in [0.5, 0.6) is 23.0 Å². The number of benzene rings is 10. The Kier molecular flexibility index (Phi) is 19.1. The number of ether oxygens (including phenoxy) is 2. The summed E-state index contributed by atoms with van der Waals surface area (Å²) in [6.45, 7) is 12.8. The van der Waals surface area contributed by atoms with Gasteiger partial charge < -0.3 is 61.4 Å². The summed E-state index contributed by atoms with van der Waals surface area (Å²) in [6, 6.07) is 5.87. The van der Waals surface area contributed by atoms with Gasteiger partial charge in [-0.05, 0) is 131 Å². The second-order valence-corrected chi connectivity index (χ2v) is 28.9. The molecule has 516 valence electrons. The Bertz CT molecular complexity index is 5090. The number of nitrogens with one attached hydrogen (secondary N) is 4. The monoisotopic (exact) mass is 1330 g/mol. The summed E-state index contributed by atoms with van der Waals surface area (Å²) in [5, 5.41) is 90.5. The second kappa shape index (κ2) is 27.4. The highest BCUT2D eigenvalue weighted by atomic mass is 16.5. The van der Waals surface area contributed by atoms with Crippen molar-refractivity contribution in [3.8, 4) is 23.0 Å². The zero-order valence-electron chi connectivity index (χ0n) is 58.4. The van der Waals surface area contributed by atoms with Crippen molar-refractivity contribution in [2.75, 3.05) is 48.6 Å². The fraction of sp³-hybridized carbons (Fsp3) is 0.463. The number of hydrogen-bond acceptors (Lipinski definition) is 16. The number of fused-ring (bicyclic) bond motifs is 8. The van der Waals surface area contributed by atoms with E-state index in [9.17, 15) is 49.8 Å². The average molecular weight is 1330 g/mol. The van der Waals surface area contributed by atoms with Gasteiger partial charge in [0.15, 0.2) is 22.4 Å². The van der Waals surface area contributed by atoms with Crippen LogP contribution in [0.3, 0.4) is 0 Å². The molecule has 14 rings (SSSR count). The Morgan fingerprint density at radius 1 is 0.388 bits per heavy atom. The molecule has 2 heterocycles. The Labute approximate surface area is 571 Å². The molecule has 2 aliphatic heterocycles. The molecule has 4 aliphatic rings. The van der Waals surface area contributed by atoms with E-state index in [4.69, 9.17) is 9.47 Å². The molecule has 0 aromatic heterocycles. The number of allylic oxidation sites excluding steroid dienone is 2. The zero-order chi connectivity index (χ0) is 69.2. The summed E-state index contributed by atoms with van der Waals surface area (Å²) in [5.74, 6) is -0.126. The van der Waals surface area contributed by atoms with Crippen LogP contribution in [0.1, 0.15) is 214 Å². The van der Waals surface area contributed by atoms with Gasteiger partial charge in [0.1, 0.15) is 11.5 Å². The van der Waals surface area contributed by atoms with Gasteiger partial charge >= 0.3 is 0 Å². The molecule has 0 fully saturated rings. The predicted octanol–water partition coefficient (Wildman–Crippen LogP) is 16.1. The van der Waals surface area contributed by atoms with Crippen LogP contribution in [0.4, 0.5) is 22.7 Å². The third-order valence-corrected chi connectivity index (χ3v) is 22.4. The van der Waals surface area contributed by atoms with Crippen molar-refractivity contribution in [3.05, 3.63) is 121 Å². The molecule has 16 nitrogen and oxygen atoms in total. The molecule has 10 aromatic rings. The van der Waals surface area contributed by atoms with E-state index >= 15 is 0 Å². The van der Waals surface area contributed by atoms with Crippen LogP contribution in [0.2, 0.25) is 0 Å². The minimum Gasteiger partial charge on any atom is -0.507 e. The Balaban J connectivity index is 0.000000176. The van der Waals surface area contributed by atoms with Crippen LogP contribution in [-0.2, 0) is 39.3 Å². The summed E-state index contributed by atoms with van der Waals surface area (Å²) < 4.78 is 11.6. The van der Waals surface area contributed by atoms with Gasteiger partial charge in [0, 0.05) is 67.7 Å². The number of anilines is 4. The molecule has 0 saturated heterocycles. The first-order valence-electron chi connectivity index (χ1n) is 36.2. The third-order valence-electron chi connectivity index (χ3n) is 22.4. The van der Waals surface area contributed by atoms with Crippen LogP contribution >= 0.6 is 0 Å². The van der Waals surface area contributed by atoms with Gasteiger partial charge in [0.2, 0.25) is 10.9 Å². The van der Waals surface area contributed by atoms with Gasteiger partial charge in [-0.15, -0.1) is 0 Å². The van der Waals surface area contributed by atoms with E-state index in [2.05, 4.69) is 61.1 Å². The van der Waals surface area contributed by atoms with Gasteiger partial charge in [0.25, 0.3) is 0 Å². The number of aliphatic hydroxyl groups excluding tert-OH is 4. The minimum atomic E-state index is -0.421. The van der Waals surface area contributed by atoms with Crippen LogP contribution in [0, 0.1) is 0 Å². The minimum absolute atomic E-state index is 0.115. The summed E-state index contributed by atoms with van der Waals surface area (Å²) in [4.78, 5) is 56.9. The molecule has 2 aliphatic carbocycles. The first kappa shape index (κ1) is 68.3. The summed E-state index contributed by atoms with van der Waals surface area (Å²) in [5.41, 5.74) is 8.59. The fourth-order valence-corrected chi connectivity index (χ4v) is 18.0. The molecule has 0 amide bonds. The summed E-state index contributed by atoms with van der Waals surface area (Å²) in [6.07, 6.45) is 27.7. The van der Waals surface area contributed by atoms with Crippen molar-refractivity contribution in [3.63, 3.8) is 0 Å². The van der Waals surface area contributed by atoms with E-state index < -0.39 is 37.3 Å². The topological polar surface area (TPSA) is 256 Å². The number of phenols is 2. The van der Waals surface area contributed by atoms with E-state index in [1.54, 1.807) is 0 Å². The van der Waals surface area contributed by atoms with E-state index in [0.29, 0.717) is 107 Å². The molecular weight excluding hydrogens is 1230 g/mol. The molecule has 0 unspecified atom stereocenters. The van der Waals surface area contributed by atoms with Crippen molar-refractivity contribution in [2.45, 2.75) is 220 Å². The lowest BCUT2D eigenvalue weighted by Crippen LogP contribution is -2.48. The van der Waals surface area contributed by atoms with Crippen LogP contribution in [-0.4, -0.2) is 69.0 Å². The SMILES string of the molecule is CCCCCCC1(CCCCCC)CNc2c(c3c(=O)cc(CO)c4c5c(CO)cc(O)c6c(=O)c(OC)c7c(c(c2C=C(C)C7)c34)c65)N1.CCCCCCC1(CCCCCC)CNc2c(c3c4c5c(c(OC)c(=O)c6c(O)cc(CO)c(c7c(CO)cc(=O)c2c74)c65)CC(C)=C3)N1. The molecule has 10 aromatic carbocycles. The largest absolute Gasteiger partial charge is 0.507 e. The maximum atomic E-state index is 14.4. The lowest BCUT2D eigenvalue weighted by atomic mass is 9.79. The van der Waals surface area contributed by atoms with Gasteiger partial charge in [-0.3, -0.25) is 19.2 Å². The third kappa shape index (κ3) is 10.9. The molecule has 0 bridgehead atoms. The average Bonchev–Trinajstić information content (AvgIpc) is 1.05. The predicted molar refractivity (Wildman–Crippen MR) is 402 cm³/mol. The molecule has 98 heavy (non-hydrogen) atoms. The van der Waals surface area contributed by atoms with Gasteiger partial charge in [-0.2, -0.15) is 0 Å². The van der Waals surface area contributed by atoms with Crippen LogP contribution in [0.15, 0.2) is 54.6 Å².